The largest absolute Gasteiger partial charge is 0.481 e. The summed E-state index contributed by atoms with van der Waals surface area (Å²) >= 11 is 0. The van der Waals surface area contributed by atoms with Crippen LogP contribution in [0.2, 0.25) is 0 Å². The van der Waals surface area contributed by atoms with E-state index in [2.05, 4.69) is 10.2 Å². The fraction of sp³-hybridized carbons (Fsp3) is 0.636. The van der Waals surface area contributed by atoms with Crippen LogP contribution in [0.15, 0.2) is 0 Å². The van der Waals surface area contributed by atoms with Gasteiger partial charge in [-0.1, -0.05) is 0 Å². The number of nitrogens with zero attached hydrogens (tertiary/aromatic N) is 4. The molecule has 0 spiro atoms. The fourth-order valence-electron chi connectivity index (χ4n) is 1.35. The van der Waals surface area contributed by atoms with Crippen molar-refractivity contribution in [3.8, 4) is 0 Å². The van der Waals surface area contributed by atoms with Crippen LogP contribution in [0.3, 0.4) is 0 Å². The molecule has 1 N–H and O–H groups in total. The van der Waals surface area contributed by atoms with Gasteiger partial charge in [0, 0.05) is 14.1 Å². The number of amides is 1. The quantitative estimate of drug-likeness (QED) is 0.873. The Morgan fingerprint density at radius 1 is 1.37 bits per heavy atom. The summed E-state index contributed by atoms with van der Waals surface area (Å²) in [5.74, 6) is -0.523. The molecule has 0 aliphatic rings. The molecular formula is C11H18N4O4. The van der Waals surface area contributed by atoms with Gasteiger partial charge in [-0.15, -0.1) is 10.2 Å². The van der Waals surface area contributed by atoms with E-state index in [0.29, 0.717) is 0 Å². The Morgan fingerprint density at radius 3 is 2.42 bits per heavy atom. The molecule has 0 aromatic carbocycles. The maximum absolute atomic E-state index is 11.8. The fourth-order valence-corrected chi connectivity index (χ4v) is 1.35. The van der Waals surface area contributed by atoms with E-state index in [-0.39, 0.29) is 18.2 Å². The highest BCUT2D eigenvalue weighted by atomic mass is 16.6. The molecule has 19 heavy (non-hydrogen) atoms. The van der Waals surface area contributed by atoms with Gasteiger partial charge in [-0.3, -0.25) is 9.36 Å². The van der Waals surface area contributed by atoms with E-state index in [1.165, 1.54) is 16.5 Å². The summed E-state index contributed by atoms with van der Waals surface area (Å²) in [5.41, 5.74) is -0.617. The van der Waals surface area contributed by atoms with Crippen molar-refractivity contribution >= 4 is 18.0 Å². The van der Waals surface area contributed by atoms with Crippen LogP contribution in [0.1, 0.15) is 26.6 Å². The Labute approximate surface area is 111 Å². The summed E-state index contributed by atoms with van der Waals surface area (Å²) in [6, 6.07) is 0. The number of aliphatic carboxylic acids is 1. The van der Waals surface area contributed by atoms with Gasteiger partial charge in [0.2, 0.25) is 5.95 Å². The van der Waals surface area contributed by atoms with Crippen LogP contribution < -0.4 is 4.90 Å². The van der Waals surface area contributed by atoms with Gasteiger partial charge in [-0.25, -0.2) is 9.69 Å². The van der Waals surface area contributed by atoms with E-state index in [9.17, 15) is 9.59 Å². The molecule has 0 radical (unpaired) electrons. The van der Waals surface area contributed by atoms with Gasteiger partial charge in [0.1, 0.15) is 17.8 Å². The smallest absolute Gasteiger partial charge is 0.416 e. The van der Waals surface area contributed by atoms with Crippen molar-refractivity contribution in [3.63, 3.8) is 0 Å². The number of carboxylic acids is 1. The van der Waals surface area contributed by atoms with Crippen LogP contribution in [0, 0.1) is 0 Å². The van der Waals surface area contributed by atoms with E-state index in [1.54, 1.807) is 27.8 Å². The number of carbonyl (C=O) groups excluding carboxylic acids is 1. The second-order valence-corrected chi connectivity index (χ2v) is 5.09. The van der Waals surface area contributed by atoms with Crippen molar-refractivity contribution in [2.75, 3.05) is 11.9 Å². The average molecular weight is 270 g/mol. The number of hydrogen-bond acceptors (Lipinski definition) is 5. The number of aromatic nitrogens is 3. The van der Waals surface area contributed by atoms with Crippen molar-refractivity contribution in [3.05, 3.63) is 5.82 Å². The van der Waals surface area contributed by atoms with Crippen LogP contribution in [0.4, 0.5) is 10.7 Å². The first-order valence-electron chi connectivity index (χ1n) is 5.68. The lowest BCUT2D eigenvalue weighted by molar-refractivity contribution is -0.136. The summed E-state index contributed by atoms with van der Waals surface area (Å²) < 4.78 is 6.63. The molecule has 0 saturated carbocycles. The number of anilines is 1. The maximum atomic E-state index is 11.8. The molecule has 8 heteroatoms. The summed E-state index contributed by atoms with van der Waals surface area (Å²) in [5, 5.41) is 16.2. The van der Waals surface area contributed by atoms with Crippen LogP contribution in [-0.4, -0.2) is 44.6 Å². The van der Waals surface area contributed by atoms with Gasteiger partial charge in [0.05, 0.1) is 0 Å². The first-order valence-corrected chi connectivity index (χ1v) is 5.68. The van der Waals surface area contributed by atoms with Crippen LogP contribution >= 0.6 is 0 Å². The standard InChI is InChI=1S/C11H18N4O4/c1-11(2,3)19-10(18)15(5)9-13-12-7(14(9)4)6-8(16)17/h6H2,1-5H3,(H,16,17). The lowest BCUT2D eigenvalue weighted by atomic mass is 10.2. The number of hydrogen-bond donors (Lipinski definition) is 1. The molecule has 1 heterocycles. The number of carboxylic acid groups (broad SMARTS) is 1. The summed E-state index contributed by atoms with van der Waals surface area (Å²) in [7, 11) is 3.08. The van der Waals surface area contributed by atoms with Gasteiger partial charge < -0.3 is 9.84 Å². The van der Waals surface area contributed by atoms with E-state index in [1.807, 2.05) is 0 Å². The number of carbonyl (C=O) groups is 2. The minimum absolute atomic E-state index is 0.227. The second kappa shape index (κ2) is 5.25. The molecule has 1 aromatic rings. The molecule has 0 aliphatic heterocycles. The Balaban J connectivity index is 2.89. The minimum Gasteiger partial charge on any atom is -0.481 e. The summed E-state index contributed by atoms with van der Waals surface area (Å²) in [6.45, 7) is 5.27. The third-order valence-corrected chi connectivity index (χ3v) is 2.22. The Kier molecular flexibility index (Phi) is 4.13. The SMILES string of the molecule is CN(C(=O)OC(C)(C)C)c1nnc(CC(=O)O)n1C. The maximum Gasteiger partial charge on any atom is 0.416 e. The van der Waals surface area contributed by atoms with Crippen molar-refractivity contribution in [2.45, 2.75) is 32.8 Å². The number of ether oxygens (including phenoxy) is 1. The first kappa shape index (κ1) is 14.9. The lowest BCUT2D eigenvalue weighted by Crippen LogP contribution is -2.35. The number of rotatable bonds is 3. The molecular weight excluding hydrogens is 252 g/mol. The molecule has 106 valence electrons. The molecule has 0 unspecified atom stereocenters. The highest BCUT2D eigenvalue weighted by Gasteiger charge is 2.24. The molecule has 0 bridgehead atoms. The Hall–Kier alpha value is -2.12. The van der Waals surface area contributed by atoms with Crippen molar-refractivity contribution in [1.82, 2.24) is 14.8 Å². The van der Waals surface area contributed by atoms with Gasteiger partial charge in [0.25, 0.3) is 0 Å². The second-order valence-electron chi connectivity index (χ2n) is 5.09. The van der Waals surface area contributed by atoms with Gasteiger partial charge >= 0.3 is 12.1 Å². The lowest BCUT2D eigenvalue weighted by Gasteiger charge is -2.23. The van der Waals surface area contributed by atoms with Crippen molar-refractivity contribution < 1.29 is 19.4 Å². The molecule has 8 nitrogen and oxygen atoms in total. The molecule has 1 aromatic heterocycles. The third kappa shape index (κ3) is 3.94. The van der Waals surface area contributed by atoms with E-state index < -0.39 is 17.7 Å². The van der Waals surface area contributed by atoms with Crippen LogP contribution in [-0.2, 0) is 23.0 Å². The molecule has 0 saturated heterocycles. The predicted octanol–water partition coefficient (Wildman–Crippen LogP) is 0.813. The van der Waals surface area contributed by atoms with Crippen LogP contribution in [0.5, 0.6) is 0 Å². The van der Waals surface area contributed by atoms with Gasteiger partial charge in [-0.05, 0) is 20.8 Å². The zero-order valence-electron chi connectivity index (χ0n) is 11.7. The van der Waals surface area contributed by atoms with E-state index in [0.717, 1.165) is 0 Å². The topological polar surface area (TPSA) is 97.6 Å². The van der Waals surface area contributed by atoms with E-state index >= 15 is 0 Å². The van der Waals surface area contributed by atoms with Gasteiger partial charge in [0.15, 0.2) is 0 Å². The van der Waals surface area contributed by atoms with Gasteiger partial charge in [-0.2, -0.15) is 0 Å². The molecule has 0 fully saturated rings. The highest BCUT2D eigenvalue weighted by Crippen LogP contribution is 2.15. The molecule has 1 amide bonds. The van der Waals surface area contributed by atoms with E-state index in [4.69, 9.17) is 9.84 Å². The van der Waals surface area contributed by atoms with Crippen LogP contribution in [0.25, 0.3) is 0 Å². The predicted molar refractivity (Wildman–Crippen MR) is 67.0 cm³/mol. The zero-order chi connectivity index (χ0) is 14.8. The Morgan fingerprint density at radius 2 is 1.95 bits per heavy atom. The van der Waals surface area contributed by atoms with Crippen molar-refractivity contribution in [2.24, 2.45) is 7.05 Å². The average Bonchev–Trinajstić information content (AvgIpc) is 2.56. The minimum atomic E-state index is -1.01. The monoisotopic (exact) mass is 270 g/mol. The Bertz CT molecular complexity index is 489. The molecule has 0 atom stereocenters. The summed E-state index contributed by atoms with van der Waals surface area (Å²) in [4.78, 5) is 23.7. The molecule has 0 aliphatic carbocycles. The first-order chi connectivity index (χ1) is 8.61. The third-order valence-electron chi connectivity index (χ3n) is 2.22. The normalized spacial score (nSPS) is 11.2. The molecule has 1 rings (SSSR count). The summed E-state index contributed by atoms with van der Waals surface area (Å²) in [6.07, 6.45) is -0.837. The highest BCUT2D eigenvalue weighted by molar-refractivity contribution is 5.85. The zero-order valence-corrected chi connectivity index (χ0v) is 11.7. The van der Waals surface area contributed by atoms with Crippen molar-refractivity contribution in [1.29, 1.82) is 0 Å².